The molecule has 94 valence electrons. The lowest BCUT2D eigenvalue weighted by Gasteiger charge is -2.02. The Labute approximate surface area is 112 Å². The summed E-state index contributed by atoms with van der Waals surface area (Å²) in [5.74, 6) is -1.48. The van der Waals surface area contributed by atoms with Gasteiger partial charge in [0.1, 0.15) is 5.82 Å². The van der Waals surface area contributed by atoms with Gasteiger partial charge in [0.15, 0.2) is 5.69 Å². The Morgan fingerprint density at radius 2 is 2.28 bits per heavy atom. The van der Waals surface area contributed by atoms with E-state index in [1.807, 2.05) is 0 Å². The van der Waals surface area contributed by atoms with Crippen LogP contribution in [0.4, 0.5) is 4.39 Å². The van der Waals surface area contributed by atoms with Crippen LogP contribution >= 0.6 is 22.9 Å². The van der Waals surface area contributed by atoms with Crippen molar-refractivity contribution in [1.29, 1.82) is 0 Å². The van der Waals surface area contributed by atoms with Crippen molar-refractivity contribution in [2.45, 2.75) is 13.3 Å². The Kier molecular flexibility index (Phi) is 3.63. The predicted octanol–water partition coefficient (Wildman–Crippen LogP) is 3.53. The zero-order valence-corrected chi connectivity index (χ0v) is 11.0. The molecule has 0 spiro atoms. The van der Waals surface area contributed by atoms with Crippen LogP contribution in [0.25, 0.3) is 0 Å². The zero-order valence-electron chi connectivity index (χ0n) is 9.41. The van der Waals surface area contributed by atoms with Crippen molar-refractivity contribution in [2.75, 3.05) is 0 Å². The highest BCUT2D eigenvalue weighted by Crippen LogP contribution is 2.25. The number of rotatable bonds is 3. The largest absolute Gasteiger partial charge is 0.476 e. The monoisotopic (exact) mass is 285 g/mol. The molecule has 0 fully saturated rings. The summed E-state index contributed by atoms with van der Waals surface area (Å²) in [6.07, 6.45) is 0.199. The third-order valence-electron chi connectivity index (χ3n) is 2.43. The van der Waals surface area contributed by atoms with Crippen LogP contribution in [0.5, 0.6) is 0 Å². The van der Waals surface area contributed by atoms with Gasteiger partial charge in [-0.3, -0.25) is 0 Å². The zero-order chi connectivity index (χ0) is 13.3. The summed E-state index contributed by atoms with van der Waals surface area (Å²) in [7, 11) is 0. The van der Waals surface area contributed by atoms with Gasteiger partial charge in [0.25, 0.3) is 0 Å². The van der Waals surface area contributed by atoms with Crippen LogP contribution in [0.2, 0.25) is 5.02 Å². The minimum absolute atomic E-state index is 0.0162. The van der Waals surface area contributed by atoms with E-state index in [4.69, 9.17) is 16.7 Å². The number of hydrogen-bond donors (Lipinski definition) is 1. The Morgan fingerprint density at radius 1 is 1.56 bits per heavy atom. The van der Waals surface area contributed by atoms with E-state index in [9.17, 15) is 9.18 Å². The Morgan fingerprint density at radius 3 is 2.83 bits per heavy atom. The third-order valence-corrected chi connectivity index (χ3v) is 3.76. The van der Waals surface area contributed by atoms with E-state index in [2.05, 4.69) is 4.98 Å². The maximum atomic E-state index is 13.6. The minimum Gasteiger partial charge on any atom is -0.476 e. The number of carbonyl (C=O) groups is 1. The van der Waals surface area contributed by atoms with Crippen LogP contribution in [0.3, 0.4) is 0 Å². The van der Waals surface area contributed by atoms with E-state index in [1.165, 1.54) is 23.5 Å². The van der Waals surface area contributed by atoms with E-state index >= 15 is 0 Å². The number of carboxylic acids is 1. The fourth-order valence-electron chi connectivity index (χ4n) is 1.58. The van der Waals surface area contributed by atoms with Gasteiger partial charge in [-0.2, -0.15) is 0 Å². The fraction of sp³-hybridized carbons (Fsp3) is 0.167. The van der Waals surface area contributed by atoms with Gasteiger partial charge >= 0.3 is 5.97 Å². The second-order valence-electron chi connectivity index (χ2n) is 3.69. The number of benzene rings is 1. The quantitative estimate of drug-likeness (QED) is 0.938. The van der Waals surface area contributed by atoms with Crippen LogP contribution in [0.15, 0.2) is 18.2 Å². The lowest BCUT2D eigenvalue weighted by Crippen LogP contribution is -1.99. The summed E-state index contributed by atoms with van der Waals surface area (Å²) in [6, 6.07) is 4.44. The molecule has 1 aromatic carbocycles. The molecule has 0 bridgehead atoms. The molecule has 0 saturated carbocycles. The molecule has 2 rings (SSSR count). The smallest absolute Gasteiger partial charge is 0.355 e. The number of halogens is 2. The van der Waals surface area contributed by atoms with Gasteiger partial charge in [-0.25, -0.2) is 14.2 Å². The van der Waals surface area contributed by atoms with Crippen LogP contribution in [0.1, 0.15) is 25.9 Å². The number of aromatic carboxylic acids is 1. The lowest BCUT2D eigenvalue weighted by molar-refractivity contribution is 0.0690. The van der Waals surface area contributed by atoms with Gasteiger partial charge < -0.3 is 5.11 Å². The predicted molar refractivity (Wildman–Crippen MR) is 68.0 cm³/mol. The molecule has 0 saturated heterocycles. The Balaban J connectivity index is 2.35. The second kappa shape index (κ2) is 5.04. The molecule has 0 atom stereocenters. The first-order valence-electron chi connectivity index (χ1n) is 5.11. The number of thiazole rings is 1. The van der Waals surface area contributed by atoms with Gasteiger partial charge in [-0.1, -0.05) is 17.7 Å². The maximum absolute atomic E-state index is 13.6. The minimum atomic E-state index is -1.07. The third kappa shape index (κ3) is 2.52. The second-order valence-corrected chi connectivity index (χ2v) is 5.39. The van der Waals surface area contributed by atoms with Gasteiger partial charge in [0.05, 0.1) is 5.01 Å². The Hall–Kier alpha value is -1.46. The van der Waals surface area contributed by atoms with Gasteiger partial charge in [-0.05, 0) is 19.1 Å². The average Bonchev–Trinajstić information content (AvgIpc) is 2.65. The molecule has 3 nitrogen and oxygen atoms in total. The molecular formula is C12H9ClFNO2S. The molecule has 1 aromatic heterocycles. The Bertz CT molecular complexity index is 592. The van der Waals surface area contributed by atoms with Crippen molar-refractivity contribution < 1.29 is 14.3 Å². The number of hydrogen-bond acceptors (Lipinski definition) is 3. The highest BCUT2D eigenvalue weighted by molar-refractivity contribution is 7.11. The van der Waals surface area contributed by atoms with Gasteiger partial charge in [-0.15, -0.1) is 11.3 Å². The van der Waals surface area contributed by atoms with Crippen molar-refractivity contribution >= 4 is 28.9 Å². The van der Waals surface area contributed by atoms with Crippen molar-refractivity contribution in [3.8, 4) is 0 Å². The molecule has 1 heterocycles. The first kappa shape index (κ1) is 13.0. The van der Waals surface area contributed by atoms with E-state index in [0.717, 1.165) is 0 Å². The van der Waals surface area contributed by atoms with E-state index in [0.29, 0.717) is 20.5 Å². The molecule has 6 heteroatoms. The van der Waals surface area contributed by atoms with Crippen LogP contribution in [-0.4, -0.2) is 16.1 Å². The molecule has 0 amide bonds. The molecular weight excluding hydrogens is 277 g/mol. The number of aryl methyl sites for hydroxylation is 1. The van der Waals surface area contributed by atoms with E-state index < -0.39 is 11.8 Å². The highest BCUT2D eigenvalue weighted by atomic mass is 35.5. The van der Waals surface area contributed by atoms with Crippen LogP contribution < -0.4 is 0 Å². The standard InChI is InChI=1S/C12H9ClFNO2S/c1-6-11(12(16)17)15-10(18-6)5-7-8(13)3-2-4-9(7)14/h2-4H,5H2,1H3,(H,16,17). The summed E-state index contributed by atoms with van der Waals surface area (Å²) in [6.45, 7) is 1.67. The summed E-state index contributed by atoms with van der Waals surface area (Å²) in [5.41, 5.74) is 0.354. The molecule has 18 heavy (non-hydrogen) atoms. The molecule has 0 aliphatic carbocycles. The number of nitrogens with zero attached hydrogens (tertiary/aromatic N) is 1. The van der Waals surface area contributed by atoms with Crippen molar-refractivity contribution in [3.63, 3.8) is 0 Å². The topological polar surface area (TPSA) is 50.2 Å². The van der Waals surface area contributed by atoms with Crippen LogP contribution in [-0.2, 0) is 6.42 Å². The SMILES string of the molecule is Cc1sc(Cc2c(F)cccc2Cl)nc1C(=O)O. The first-order valence-corrected chi connectivity index (χ1v) is 6.31. The normalized spacial score (nSPS) is 10.6. The van der Waals surface area contributed by atoms with Crippen LogP contribution in [0, 0.1) is 12.7 Å². The van der Waals surface area contributed by atoms with E-state index in [-0.39, 0.29) is 12.1 Å². The summed E-state index contributed by atoms with van der Waals surface area (Å²) >= 11 is 7.15. The van der Waals surface area contributed by atoms with E-state index in [1.54, 1.807) is 13.0 Å². The number of aromatic nitrogens is 1. The molecule has 0 unspecified atom stereocenters. The summed E-state index contributed by atoms with van der Waals surface area (Å²) in [5, 5.41) is 9.76. The summed E-state index contributed by atoms with van der Waals surface area (Å²) < 4.78 is 13.6. The molecule has 1 N–H and O–H groups in total. The van der Waals surface area contributed by atoms with Gasteiger partial charge in [0, 0.05) is 21.9 Å². The first-order chi connectivity index (χ1) is 8.49. The fourth-order valence-corrected chi connectivity index (χ4v) is 2.74. The van der Waals surface area contributed by atoms with Crippen molar-refractivity contribution in [1.82, 2.24) is 4.98 Å². The molecule has 0 aliphatic rings. The van der Waals surface area contributed by atoms with Crippen molar-refractivity contribution in [2.24, 2.45) is 0 Å². The molecule has 2 aromatic rings. The van der Waals surface area contributed by atoms with Crippen molar-refractivity contribution in [3.05, 3.63) is 50.2 Å². The number of carboxylic acid groups (broad SMARTS) is 1. The summed E-state index contributed by atoms with van der Waals surface area (Å²) in [4.78, 5) is 15.4. The highest BCUT2D eigenvalue weighted by Gasteiger charge is 2.16. The maximum Gasteiger partial charge on any atom is 0.355 e. The molecule has 0 aliphatic heterocycles. The lowest BCUT2D eigenvalue weighted by atomic mass is 10.1. The molecule has 0 radical (unpaired) electrons. The average molecular weight is 286 g/mol. The van der Waals surface area contributed by atoms with Gasteiger partial charge in [0.2, 0.25) is 0 Å².